The lowest BCUT2D eigenvalue weighted by Gasteiger charge is -1.97. The number of hydrogen-bond acceptors (Lipinski definition) is 2. The summed E-state index contributed by atoms with van der Waals surface area (Å²) in [6, 6.07) is 3.46. The van der Waals surface area contributed by atoms with Crippen molar-refractivity contribution in [2.45, 2.75) is 0 Å². The number of carbonyl (C=O) groups is 1. The van der Waals surface area contributed by atoms with Crippen LogP contribution in [0.4, 0.5) is 0 Å². The number of primary amides is 1. The van der Waals surface area contributed by atoms with Gasteiger partial charge in [0, 0.05) is 11.8 Å². The van der Waals surface area contributed by atoms with Crippen molar-refractivity contribution in [3.8, 4) is 0 Å². The standard InChI is InChI=1S/C8H8N2O/c1-2-6-4-3-5-10-7(6)8(9)11/h2-5H,1H2,(H2,9,11). The van der Waals surface area contributed by atoms with Gasteiger partial charge in [0.2, 0.25) is 0 Å². The Morgan fingerprint density at radius 1 is 1.73 bits per heavy atom. The molecule has 0 saturated carbocycles. The number of nitrogens with zero attached hydrogens (tertiary/aromatic N) is 1. The first kappa shape index (κ1) is 7.47. The van der Waals surface area contributed by atoms with Crippen LogP contribution in [-0.2, 0) is 0 Å². The van der Waals surface area contributed by atoms with Crippen molar-refractivity contribution in [2.24, 2.45) is 5.73 Å². The fourth-order valence-electron chi connectivity index (χ4n) is 0.788. The highest BCUT2D eigenvalue weighted by atomic mass is 16.1. The molecule has 0 saturated heterocycles. The van der Waals surface area contributed by atoms with Gasteiger partial charge in [-0.15, -0.1) is 0 Å². The largest absolute Gasteiger partial charge is 0.364 e. The highest BCUT2D eigenvalue weighted by molar-refractivity contribution is 5.94. The smallest absolute Gasteiger partial charge is 0.267 e. The molecule has 0 unspecified atom stereocenters. The van der Waals surface area contributed by atoms with Gasteiger partial charge in [-0.05, 0) is 6.07 Å². The van der Waals surface area contributed by atoms with Crippen LogP contribution in [-0.4, -0.2) is 10.9 Å². The maximum absolute atomic E-state index is 10.7. The number of nitrogens with two attached hydrogens (primary N) is 1. The van der Waals surface area contributed by atoms with Crippen LogP contribution in [0.15, 0.2) is 24.9 Å². The summed E-state index contributed by atoms with van der Waals surface area (Å²) in [6.07, 6.45) is 3.07. The second-order valence-corrected chi connectivity index (χ2v) is 2.01. The van der Waals surface area contributed by atoms with E-state index in [1.165, 1.54) is 6.20 Å². The molecule has 0 aliphatic carbocycles. The minimum atomic E-state index is -0.527. The fourth-order valence-corrected chi connectivity index (χ4v) is 0.788. The quantitative estimate of drug-likeness (QED) is 0.675. The average Bonchev–Trinajstić information content (AvgIpc) is 2.04. The van der Waals surface area contributed by atoms with Gasteiger partial charge in [0.05, 0.1) is 0 Å². The minimum Gasteiger partial charge on any atom is -0.364 e. The van der Waals surface area contributed by atoms with Gasteiger partial charge in [-0.2, -0.15) is 0 Å². The van der Waals surface area contributed by atoms with E-state index in [4.69, 9.17) is 5.73 Å². The highest BCUT2D eigenvalue weighted by Crippen LogP contribution is 2.04. The van der Waals surface area contributed by atoms with E-state index in [9.17, 15) is 4.79 Å². The molecule has 0 atom stereocenters. The Hall–Kier alpha value is -1.64. The molecule has 0 aromatic carbocycles. The second kappa shape index (κ2) is 2.96. The van der Waals surface area contributed by atoms with Gasteiger partial charge in [0.1, 0.15) is 5.69 Å². The zero-order valence-electron chi connectivity index (χ0n) is 5.95. The fraction of sp³-hybridized carbons (Fsp3) is 0. The molecular formula is C8H8N2O. The lowest BCUT2D eigenvalue weighted by Crippen LogP contribution is -2.14. The number of carbonyl (C=O) groups excluding carboxylic acids is 1. The monoisotopic (exact) mass is 148 g/mol. The third-order valence-electron chi connectivity index (χ3n) is 1.29. The topological polar surface area (TPSA) is 56.0 Å². The van der Waals surface area contributed by atoms with E-state index in [2.05, 4.69) is 11.6 Å². The molecule has 3 heteroatoms. The summed E-state index contributed by atoms with van der Waals surface area (Å²) >= 11 is 0. The summed E-state index contributed by atoms with van der Waals surface area (Å²) in [5, 5.41) is 0. The lowest BCUT2D eigenvalue weighted by atomic mass is 10.2. The van der Waals surface area contributed by atoms with E-state index in [1.807, 2.05) is 0 Å². The number of rotatable bonds is 2. The Balaban J connectivity index is 3.22. The zero-order valence-corrected chi connectivity index (χ0v) is 5.95. The molecule has 56 valence electrons. The molecule has 0 aliphatic heterocycles. The molecule has 0 spiro atoms. The van der Waals surface area contributed by atoms with Crippen molar-refractivity contribution in [2.75, 3.05) is 0 Å². The van der Waals surface area contributed by atoms with Crippen molar-refractivity contribution in [1.29, 1.82) is 0 Å². The van der Waals surface area contributed by atoms with E-state index < -0.39 is 5.91 Å². The summed E-state index contributed by atoms with van der Waals surface area (Å²) in [7, 11) is 0. The van der Waals surface area contributed by atoms with Gasteiger partial charge in [-0.3, -0.25) is 9.78 Å². The van der Waals surface area contributed by atoms with Gasteiger partial charge >= 0.3 is 0 Å². The van der Waals surface area contributed by atoms with Gasteiger partial charge in [-0.1, -0.05) is 18.7 Å². The number of aromatic nitrogens is 1. The molecule has 0 bridgehead atoms. The summed E-state index contributed by atoms with van der Waals surface area (Å²) in [4.78, 5) is 14.5. The van der Waals surface area contributed by atoms with Crippen LogP contribution in [0.2, 0.25) is 0 Å². The number of amides is 1. The molecule has 3 nitrogen and oxygen atoms in total. The van der Waals surface area contributed by atoms with Crippen molar-refractivity contribution in [3.63, 3.8) is 0 Å². The molecular weight excluding hydrogens is 140 g/mol. The molecule has 0 radical (unpaired) electrons. The van der Waals surface area contributed by atoms with Crippen LogP contribution in [0.25, 0.3) is 6.08 Å². The van der Waals surface area contributed by atoms with Gasteiger partial charge < -0.3 is 5.73 Å². The molecule has 0 fully saturated rings. The minimum absolute atomic E-state index is 0.266. The van der Waals surface area contributed by atoms with Crippen LogP contribution in [0.3, 0.4) is 0 Å². The molecule has 2 N–H and O–H groups in total. The van der Waals surface area contributed by atoms with Crippen LogP contribution < -0.4 is 5.73 Å². The molecule has 1 aromatic rings. The Kier molecular flexibility index (Phi) is 2.01. The lowest BCUT2D eigenvalue weighted by molar-refractivity contribution is 0.0995. The maximum Gasteiger partial charge on any atom is 0.267 e. The zero-order chi connectivity index (χ0) is 8.27. The summed E-state index contributed by atoms with van der Waals surface area (Å²) < 4.78 is 0. The first-order valence-electron chi connectivity index (χ1n) is 3.13. The molecule has 11 heavy (non-hydrogen) atoms. The van der Waals surface area contributed by atoms with Crippen molar-refractivity contribution >= 4 is 12.0 Å². The first-order valence-corrected chi connectivity index (χ1v) is 3.13. The Morgan fingerprint density at radius 2 is 2.45 bits per heavy atom. The van der Waals surface area contributed by atoms with Crippen molar-refractivity contribution in [3.05, 3.63) is 36.2 Å². The van der Waals surface area contributed by atoms with Gasteiger partial charge in [-0.25, -0.2) is 0 Å². The summed E-state index contributed by atoms with van der Waals surface area (Å²) in [6.45, 7) is 3.53. The van der Waals surface area contributed by atoms with E-state index >= 15 is 0 Å². The van der Waals surface area contributed by atoms with Crippen LogP contribution in [0.1, 0.15) is 16.1 Å². The summed E-state index contributed by atoms with van der Waals surface area (Å²) in [5.74, 6) is -0.527. The molecule has 1 rings (SSSR count). The Bertz CT molecular complexity index is 294. The average molecular weight is 148 g/mol. The van der Waals surface area contributed by atoms with Crippen LogP contribution >= 0.6 is 0 Å². The van der Waals surface area contributed by atoms with Crippen molar-refractivity contribution in [1.82, 2.24) is 4.98 Å². The molecule has 1 aromatic heterocycles. The highest BCUT2D eigenvalue weighted by Gasteiger charge is 2.04. The predicted octanol–water partition coefficient (Wildman–Crippen LogP) is 0.824. The number of hydrogen-bond donors (Lipinski definition) is 1. The maximum atomic E-state index is 10.7. The van der Waals surface area contributed by atoms with Gasteiger partial charge in [0.25, 0.3) is 5.91 Å². The summed E-state index contributed by atoms with van der Waals surface area (Å²) in [5.41, 5.74) is 5.97. The van der Waals surface area contributed by atoms with E-state index in [0.29, 0.717) is 5.56 Å². The van der Waals surface area contributed by atoms with E-state index in [1.54, 1.807) is 18.2 Å². The molecule has 0 aliphatic rings. The van der Waals surface area contributed by atoms with Crippen LogP contribution in [0.5, 0.6) is 0 Å². The molecule has 1 amide bonds. The Labute approximate surface area is 64.6 Å². The second-order valence-electron chi connectivity index (χ2n) is 2.01. The Morgan fingerprint density at radius 3 is 2.91 bits per heavy atom. The SMILES string of the molecule is C=Cc1cccnc1C(N)=O. The number of pyridine rings is 1. The molecule has 1 heterocycles. The third kappa shape index (κ3) is 1.43. The van der Waals surface area contributed by atoms with E-state index in [-0.39, 0.29) is 5.69 Å². The van der Waals surface area contributed by atoms with Crippen molar-refractivity contribution < 1.29 is 4.79 Å². The van der Waals surface area contributed by atoms with Crippen LogP contribution in [0, 0.1) is 0 Å². The van der Waals surface area contributed by atoms with Gasteiger partial charge in [0.15, 0.2) is 0 Å². The van der Waals surface area contributed by atoms with E-state index in [0.717, 1.165) is 0 Å². The third-order valence-corrected chi connectivity index (χ3v) is 1.29. The first-order chi connectivity index (χ1) is 5.25. The predicted molar refractivity (Wildman–Crippen MR) is 42.8 cm³/mol. The normalized spacial score (nSPS) is 9.09.